The SMILES string of the molecule is CC1c2nnc(-c3cccs3)n2CCN1C(=O)c1cc2ncc(Br)cn2n1.CC1c2nnc(-c3cccs3)n2CCN1C(=O)c1cc2ncc(Cl)cn2n1.CC1c2nnc(-c3ccncc3)n2CCN1C(=O)c1cc2ncc(Br)cn2n1.O=C(c1cc2ncc(Br)cn2n1)N1CCn2c(nnc2-c2ccncc2)C1.O=C(c1cc2ncc(Cl)cn2n1)N1CCn2c(nnc2-c2cccs2)C1. The van der Waals surface area contributed by atoms with Crippen molar-refractivity contribution in [1.29, 1.82) is 0 Å². The Hall–Kier alpha value is -14.4. The molecule has 0 spiro atoms. The summed E-state index contributed by atoms with van der Waals surface area (Å²) in [6.07, 6.45) is 23.6. The molecular formula is C85H68Br3Cl2N37O5S3. The Labute approximate surface area is 809 Å². The molecule has 25 heterocycles. The molecule has 25 rings (SSSR count). The highest BCUT2D eigenvalue weighted by Gasteiger charge is 2.39. The van der Waals surface area contributed by atoms with E-state index in [-0.39, 0.29) is 47.7 Å². The fourth-order valence-corrected chi connectivity index (χ4v) is 19.7. The third-order valence-electron chi connectivity index (χ3n) is 23.0. The molecule has 5 aliphatic heterocycles. The normalized spacial score (nSPS) is 15.5. The van der Waals surface area contributed by atoms with Crippen LogP contribution < -0.4 is 0 Å². The Balaban J connectivity index is 0.000000101. The van der Waals surface area contributed by atoms with Crippen molar-refractivity contribution in [3.63, 3.8) is 0 Å². The Kier molecular flexibility index (Phi) is 23.8. The van der Waals surface area contributed by atoms with Gasteiger partial charge in [0.05, 0.1) is 81.7 Å². The number of rotatable bonds is 10. The highest BCUT2D eigenvalue weighted by atomic mass is 79.9. The zero-order valence-corrected chi connectivity index (χ0v) is 79.6. The van der Waals surface area contributed by atoms with Gasteiger partial charge in [0, 0.05) is 181 Å². The molecule has 0 N–H and O–H groups in total. The molecule has 5 aliphatic rings. The lowest BCUT2D eigenvalue weighted by molar-refractivity contribution is 0.0625. The molecule has 135 heavy (non-hydrogen) atoms. The molecule has 0 fully saturated rings. The first kappa shape index (κ1) is 87.2. The van der Waals surface area contributed by atoms with Crippen molar-refractivity contribution >= 4 is 163 Å². The lowest BCUT2D eigenvalue weighted by Gasteiger charge is -2.33. The number of hydrogen-bond donors (Lipinski definition) is 0. The number of thiophene rings is 3. The molecule has 0 saturated heterocycles. The second-order valence-electron chi connectivity index (χ2n) is 31.2. The lowest BCUT2D eigenvalue weighted by Crippen LogP contribution is -2.41. The summed E-state index contributed by atoms with van der Waals surface area (Å²) < 4.78 is 20.6. The van der Waals surface area contributed by atoms with Crippen molar-refractivity contribution in [2.75, 3.05) is 32.7 Å². The van der Waals surface area contributed by atoms with E-state index in [9.17, 15) is 24.0 Å². The first-order chi connectivity index (χ1) is 65.7. The van der Waals surface area contributed by atoms with Crippen LogP contribution in [-0.2, 0) is 45.8 Å². The van der Waals surface area contributed by atoms with Crippen LogP contribution in [0.2, 0.25) is 10.0 Å². The van der Waals surface area contributed by atoms with Crippen LogP contribution in [0.25, 0.3) is 83.1 Å². The molecule has 0 radical (unpaired) electrons. The molecule has 50 heteroatoms. The third kappa shape index (κ3) is 17.2. The number of carbonyl (C=O) groups is 5. The van der Waals surface area contributed by atoms with Gasteiger partial charge in [0.1, 0.15) is 0 Å². The zero-order valence-electron chi connectivity index (χ0n) is 70.9. The van der Waals surface area contributed by atoms with Crippen molar-refractivity contribution in [3.8, 4) is 54.9 Å². The predicted molar refractivity (Wildman–Crippen MR) is 502 cm³/mol. The van der Waals surface area contributed by atoms with Crippen LogP contribution >= 0.6 is 105 Å². The van der Waals surface area contributed by atoms with Crippen LogP contribution in [0.3, 0.4) is 0 Å². The summed E-state index contributed by atoms with van der Waals surface area (Å²) in [6, 6.07) is 27.5. The smallest absolute Gasteiger partial charge is 0.275 e. The van der Waals surface area contributed by atoms with Crippen molar-refractivity contribution in [2.45, 2.75) is 84.7 Å². The summed E-state index contributed by atoms with van der Waals surface area (Å²) in [5.74, 6) is 7.29. The second kappa shape index (κ2) is 36.9. The molecule has 20 aromatic rings. The number of carbonyl (C=O) groups excluding carboxylic acids is 5. The summed E-state index contributed by atoms with van der Waals surface area (Å²) in [5.41, 5.74) is 6.73. The summed E-state index contributed by atoms with van der Waals surface area (Å²) in [6.45, 7) is 12.7. The average molecular weight is 2090 g/mol. The number of nitrogens with zero attached hydrogens (tertiary/aromatic N) is 37. The summed E-state index contributed by atoms with van der Waals surface area (Å²) in [5, 5.41) is 71.9. The molecule has 20 aromatic heterocycles. The van der Waals surface area contributed by atoms with Gasteiger partial charge in [-0.15, -0.1) is 85.0 Å². The Morgan fingerprint density at radius 2 is 0.622 bits per heavy atom. The van der Waals surface area contributed by atoms with Gasteiger partial charge in [-0.2, -0.15) is 25.5 Å². The molecule has 0 saturated carbocycles. The number of hydrogen-bond acceptors (Lipinski definition) is 30. The maximum atomic E-state index is 13.1. The van der Waals surface area contributed by atoms with E-state index in [1.807, 2.05) is 102 Å². The number of halogens is 5. The zero-order chi connectivity index (χ0) is 92.4. The molecule has 3 unspecified atom stereocenters. The highest BCUT2D eigenvalue weighted by Crippen LogP contribution is 2.37. The molecule has 0 aromatic carbocycles. The van der Waals surface area contributed by atoms with Gasteiger partial charge in [0.2, 0.25) is 0 Å². The largest absolute Gasteiger partial charge is 0.328 e. The van der Waals surface area contributed by atoms with Crippen molar-refractivity contribution < 1.29 is 24.0 Å². The Morgan fingerprint density at radius 3 is 0.978 bits per heavy atom. The van der Waals surface area contributed by atoms with Gasteiger partial charge in [-0.3, -0.25) is 33.9 Å². The van der Waals surface area contributed by atoms with E-state index >= 15 is 0 Å². The molecule has 5 amide bonds. The predicted octanol–water partition coefficient (Wildman–Crippen LogP) is 12.5. The minimum atomic E-state index is -0.214. The van der Waals surface area contributed by atoms with Crippen molar-refractivity contribution in [3.05, 3.63) is 275 Å². The summed E-state index contributed by atoms with van der Waals surface area (Å²) in [4.78, 5) is 106. The maximum Gasteiger partial charge on any atom is 0.275 e. The van der Waals surface area contributed by atoms with E-state index in [4.69, 9.17) is 23.2 Å². The number of fused-ring (bicyclic) bond motifs is 10. The van der Waals surface area contributed by atoms with E-state index < -0.39 is 0 Å². The first-order valence-electron chi connectivity index (χ1n) is 41.8. The second-order valence-corrected chi connectivity index (χ2v) is 37.6. The molecule has 676 valence electrons. The van der Waals surface area contributed by atoms with Crippen LogP contribution in [0.1, 0.15) is 120 Å². The monoisotopic (exact) mass is 2090 g/mol. The quantitative estimate of drug-likeness (QED) is 0.123. The third-order valence-corrected chi connectivity index (χ3v) is 27.2. The van der Waals surface area contributed by atoms with Gasteiger partial charge in [-0.1, -0.05) is 41.4 Å². The van der Waals surface area contributed by atoms with Gasteiger partial charge in [-0.25, -0.2) is 47.5 Å². The summed E-state index contributed by atoms with van der Waals surface area (Å²) in [7, 11) is 0. The van der Waals surface area contributed by atoms with Crippen LogP contribution in [0.5, 0.6) is 0 Å². The standard InChI is InChI=1S/C18H15BrN8O.C17H13BrN8O.C17H14BrN7OS.C17H14ClN7OS.C16H12ClN7OS/c1-11-16-22-23-17(12-2-4-20-5-3-12)26(16)7-6-25(11)18(28)14-8-15-21-9-13(19)10-27(15)24-14;18-12-8-20-14-7-13(23-26(14)9-12)17(27)24-5-6-25-15(10-24)21-22-16(25)11-1-3-19-4-2-11;2*1-10-15-20-21-16(13-3-2-6-27-13)24(15)5-4-23(10)17(26)12-7-14-19-8-11(18)9-25(14)22-12;17-10-7-18-13-6-11(21-24(13)8-10)16(25)22-3-4-23-14(9-22)19-20-15(23)12-2-1-5-26-12/h2-5,8-11H,6-7H2,1H3;1-4,7-9H,5-6,10H2;2*2-3,6-10H,4-5H2,1H3;1-2,5-8H,3-4,9H2. The van der Waals surface area contributed by atoms with E-state index in [0.717, 1.165) is 97.4 Å². The number of pyridine rings is 2. The Morgan fingerprint density at radius 1 is 0.333 bits per heavy atom. The van der Waals surface area contributed by atoms with E-state index in [0.29, 0.717) is 145 Å². The molecule has 42 nitrogen and oxygen atoms in total. The molecular weight excluding hydrogens is 2030 g/mol. The van der Waals surface area contributed by atoms with Crippen LogP contribution in [0, 0.1) is 0 Å². The van der Waals surface area contributed by atoms with Crippen LogP contribution in [0.15, 0.2) is 207 Å². The fourth-order valence-electron chi connectivity index (χ4n) is 16.4. The van der Waals surface area contributed by atoms with Crippen LogP contribution in [0.4, 0.5) is 0 Å². The van der Waals surface area contributed by atoms with Gasteiger partial charge >= 0.3 is 0 Å². The summed E-state index contributed by atoms with van der Waals surface area (Å²) >= 11 is 26.8. The van der Waals surface area contributed by atoms with Gasteiger partial charge in [0.25, 0.3) is 29.5 Å². The van der Waals surface area contributed by atoms with E-state index in [1.54, 1.807) is 177 Å². The molecule has 3 atom stereocenters. The average Bonchev–Trinajstić information content (AvgIpc) is 1.63. The number of aromatic nitrogens is 32. The van der Waals surface area contributed by atoms with Gasteiger partial charge < -0.3 is 47.3 Å². The highest BCUT2D eigenvalue weighted by molar-refractivity contribution is 9.11. The molecule has 0 aliphatic carbocycles. The first-order valence-corrected chi connectivity index (χ1v) is 47.6. The minimum Gasteiger partial charge on any atom is -0.328 e. The fraction of sp³-hybridized carbons (Fsp3) is 0.212. The van der Waals surface area contributed by atoms with E-state index in [1.165, 1.54) is 21.4 Å². The number of amides is 5. The minimum absolute atomic E-state index is 0.129. The molecule has 0 bridgehead atoms. The maximum absolute atomic E-state index is 13.1. The van der Waals surface area contributed by atoms with Crippen molar-refractivity contribution in [1.82, 2.24) is 181 Å². The topological polar surface area (TPSA) is 432 Å². The lowest BCUT2D eigenvalue weighted by atomic mass is 10.1. The Bertz CT molecular complexity index is 7700. The van der Waals surface area contributed by atoms with Gasteiger partial charge in [-0.05, 0) is 127 Å². The van der Waals surface area contributed by atoms with Crippen molar-refractivity contribution in [2.24, 2.45) is 0 Å². The van der Waals surface area contributed by atoms with Gasteiger partial charge in [0.15, 0.2) is 115 Å². The van der Waals surface area contributed by atoms with Crippen LogP contribution in [-0.4, -0.2) is 244 Å². The van der Waals surface area contributed by atoms with E-state index in [2.05, 4.69) is 177 Å².